The zero-order chi connectivity index (χ0) is 8.97. The van der Waals surface area contributed by atoms with Gasteiger partial charge in [0.2, 0.25) is 0 Å². The predicted molar refractivity (Wildman–Crippen MR) is 50.8 cm³/mol. The number of hydrogen-bond acceptors (Lipinski definition) is 2. The van der Waals surface area contributed by atoms with Gasteiger partial charge in [-0.1, -0.05) is 24.4 Å². The molecular weight excluding hydrogens is 172 g/mol. The maximum atomic E-state index is 5.66. The third-order valence-corrected chi connectivity index (χ3v) is 1.49. The highest BCUT2D eigenvalue weighted by atomic mass is 35.5. The van der Waals surface area contributed by atoms with Gasteiger partial charge >= 0.3 is 0 Å². The molecule has 12 heavy (non-hydrogen) atoms. The Morgan fingerprint density at radius 1 is 1.58 bits per heavy atom. The van der Waals surface area contributed by atoms with E-state index in [-0.39, 0.29) is 0 Å². The van der Waals surface area contributed by atoms with Gasteiger partial charge in [-0.15, -0.1) is 0 Å². The molecule has 1 aromatic rings. The van der Waals surface area contributed by atoms with Crippen LogP contribution in [0.2, 0.25) is 5.15 Å². The second kappa shape index (κ2) is 3.99. The minimum Gasteiger partial charge on any atom is -0.396 e. The van der Waals surface area contributed by atoms with E-state index >= 15 is 0 Å². The lowest BCUT2D eigenvalue weighted by Crippen LogP contribution is -1.93. The Labute approximate surface area is 76.8 Å². The van der Waals surface area contributed by atoms with Gasteiger partial charge in [0, 0.05) is 6.42 Å². The fourth-order valence-corrected chi connectivity index (χ4v) is 0.866. The zero-order valence-corrected chi connectivity index (χ0v) is 7.52. The van der Waals surface area contributed by atoms with E-state index in [1.54, 1.807) is 12.1 Å². The molecule has 0 aliphatic heterocycles. The largest absolute Gasteiger partial charge is 0.396 e. The number of anilines is 1. The van der Waals surface area contributed by atoms with Crippen molar-refractivity contribution in [3.63, 3.8) is 0 Å². The number of rotatable bonds is 0. The topological polar surface area (TPSA) is 38.9 Å². The molecule has 0 aliphatic carbocycles. The number of halogens is 1. The Kier molecular flexibility index (Phi) is 2.95. The molecule has 0 amide bonds. The second-order valence-electron chi connectivity index (χ2n) is 2.23. The minimum absolute atomic E-state index is 0.421. The van der Waals surface area contributed by atoms with Gasteiger partial charge in [-0.2, -0.15) is 0 Å². The molecule has 2 N–H and O–H groups in total. The number of aromatic nitrogens is 1. The Hall–Kier alpha value is -1.20. The maximum absolute atomic E-state index is 5.66. The number of nitrogen functional groups attached to an aromatic ring is 1. The molecule has 0 spiro atoms. The van der Waals surface area contributed by atoms with Gasteiger partial charge in [0.15, 0.2) is 0 Å². The summed E-state index contributed by atoms with van der Waals surface area (Å²) in [6.07, 6.45) is 0.785. The van der Waals surface area contributed by atoms with Crippen molar-refractivity contribution in [1.29, 1.82) is 0 Å². The molecule has 0 aliphatic rings. The molecule has 0 aromatic carbocycles. The summed E-state index contributed by atoms with van der Waals surface area (Å²) in [6.45, 7) is 1.97. The van der Waals surface area contributed by atoms with Gasteiger partial charge in [0.25, 0.3) is 0 Å². The Bertz CT molecular complexity index is 336. The van der Waals surface area contributed by atoms with E-state index in [0.29, 0.717) is 16.5 Å². The highest BCUT2D eigenvalue weighted by Gasteiger charge is 1.96. The molecule has 0 bridgehead atoms. The SMILES string of the molecule is CCC#Cc1nc(Cl)ccc1N. The molecule has 0 fully saturated rings. The van der Waals surface area contributed by atoms with E-state index in [0.717, 1.165) is 6.42 Å². The van der Waals surface area contributed by atoms with Crippen LogP contribution in [0, 0.1) is 11.8 Å². The van der Waals surface area contributed by atoms with Crippen LogP contribution >= 0.6 is 11.6 Å². The van der Waals surface area contributed by atoms with Crippen LogP contribution in [0.25, 0.3) is 0 Å². The van der Waals surface area contributed by atoms with Gasteiger partial charge in [-0.25, -0.2) is 4.98 Å². The minimum atomic E-state index is 0.421. The summed E-state index contributed by atoms with van der Waals surface area (Å²) in [6, 6.07) is 3.35. The smallest absolute Gasteiger partial charge is 0.137 e. The summed E-state index contributed by atoms with van der Waals surface area (Å²) in [5.74, 6) is 5.71. The van der Waals surface area contributed by atoms with E-state index < -0.39 is 0 Å². The van der Waals surface area contributed by atoms with Crippen LogP contribution in [-0.4, -0.2) is 4.98 Å². The van der Waals surface area contributed by atoms with Crippen LogP contribution < -0.4 is 5.73 Å². The lowest BCUT2D eigenvalue weighted by Gasteiger charge is -1.96. The molecule has 0 saturated heterocycles. The summed E-state index contributed by atoms with van der Waals surface area (Å²) in [5, 5.41) is 0.421. The standard InChI is InChI=1S/C9H9ClN2/c1-2-3-4-8-7(11)5-6-9(10)12-8/h5-6H,2,11H2,1H3. The second-order valence-corrected chi connectivity index (χ2v) is 2.61. The molecule has 0 radical (unpaired) electrons. The lowest BCUT2D eigenvalue weighted by molar-refractivity contribution is 1.26. The summed E-state index contributed by atoms with van der Waals surface area (Å²) < 4.78 is 0. The highest BCUT2D eigenvalue weighted by Crippen LogP contribution is 2.11. The van der Waals surface area contributed by atoms with Crippen molar-refractivity contribution in [3.8, 4) is 11.8 Å². The van der Waals surface area contributed by atoms with Crippen LogP contribution in [0.1, 0.15) is 19.0 Å². The van der Waals surface area contributed by atoms with Crippen LogP contribution in [0.5, 0.6) is 0 Å². The molecule has 1 rings (SSSR count). The van der Waals surface area contributed by atoms with Crippen molar-refractivity contribution in [2.75, 3.05) is 5.73 Å². The van der Waals surface area contributed by atoms with Crippen LogP contribution in [0.4, 0.5) is 5.69 Å². The van der Waals surface area contributed by atoms with Crippen LogP contribution in [-0.2, 0) is 0 Å². The number of nitrogens with two attached hydrogens (primary N) is 1. The van der Waals surface area contributed by atoms with Crippen molar-refractivity contribution in [2.24, 2.45) is 0 Å². The normalized spacial score (nSPS) is 8.83. The number of hydrogen-bond donors (Lipinski definition) is 1. The monoisotopic (exact) mass is 180 g/mol. The van der Waals surface area contributed by atoms with E-state index in [1.165, 1.54) is 0 Å². The Balaban J connectivity index is 3.05. The van der Waals surface area contributed by atoms with E-state index in [2.05, 4.69) is 16.8 Å². The first kappa shape index (κ1) is 8.89. The lowest BCUT2D eigenvalue weighted by atomic mass is 10.3. The van der Waals surface area contributed by atoms with Crippen LogP contribution in [0.3, 0.4) is 0 Å². The molecule has 0 saturated carbocycles. The van der Waals surface area contributed by atoms with Gasteiger partial charge in [-0.3, -0.25) is 0 Å². The average Bonchev–Trinajstić information content (AvgIpc) is 2.07. The number of nitrogens with zero attached hydrogens (tertiary/aromatic N) is 1. The third-order valence-electron chi connectivity index (χ3n) is 1.28. The van der Waals surface area contributed by atoms with Crippen molar-refractivity contribution < 1.29 is 0 Å². The van der Waals surface area contributed by atoms with Crippen molar-refractivity contribution in [3.05, 3.63) is 23.0 Å². The zero-order valence-electron chi connectivity index (χ0n) is 6.76. The first-order valence-electron chi connectivity index (χ1n) is 3.65. The molecule has 62 valence electrons. The molecule has 3 heteroatoms. The van der Waals surface area contributed by atoms with Gasteiger partial charge in [0.1, 0.15) is 10.8 Å². The fraction of sp³-hybridized carbons (Fsp3) is 0.222. The number of pyridine rings is 1. The van der Waals surface area contributed by atoms with Gasteiger partial charge in [-0.05, 0) is 18.1 Å². The van der Waals surface area contributed by atoms with Crippen LogP contribution in [0.15, 0.2) is 12.1 Å². The van der Waals surface area contributed by atoms with Crippen molar-refractivity contribution >= 4 is 17.3 Å². The summed E-state index contributed by atoms with van der Waals surface area (Å²) in [7, 11) is 0. The molecule has 2 nitrogen and oxygen atoms in total. The van der Waals surface area contributed by atoms with E-state index in [1.807, 2.05) is 6.92 Å². The molecule has 0 atom stereocenters. The molecular formula is C9H9ClN2. The molecule has 0 unspecified atom stereocenters. The first-order valence-corrected chi connectivity index (χ1v) is 4.02. The maximum Gasteiger partial charge on any atom is 0.137 e. The molecule has 1 aromatic heterocycles. The Morgan fingerprint density at radius 2 is 2.33 bits per heavy atom. The van der Waals surface area contributed by atoms with E-state index in [9.17, 15) is 0 Å². The van der Waals surface area contributed by atoms with Gasteiger partial charge in [0.05, 0.1) is 5.69 Å². The average molecular weight is 181 g/mol. The summed E-state index contributed by atoms with van der Waals surface area (Å²) >= 11 is 5.66. The molecule has 1 heterocycles. The summed E-state index contributed by atoms with van der Waals surface area (Å²) in [5.41, 5.74) is 6.74. The summed E-state index contributed by atoms with van der Waals surface area (Å²) in [4.78, 5) is 3.98. The van der Waals surface area contributed by atoms with E-state index in [4.69, 9.17) is 17.3 Å². The third kappa shape index (κ3) is 2.14. The van der Waals surface area contributed by atoms with Gasteiger partial charge < -0.3 is 5.73 Å². The predicted octanol–water partition coefficient (Wildman–Crippen LogP) is 2.08. The quantitative estimate of drug-likeness (QED) is 0.491. The Morgan fingerprint density at radius 3 is 3.00 bits per heavy atom. The van der Waals surface area contributed by atoms with Crippen molar-refractivity contribution in [1.82, 2.24) is 4.98 Å². The highest BCUT2D eigenvalue weighted by molar-refractivity contribution is 6.29. The van der Waals surface area contributed by atoms with Crippen molar-refractivity contribution in [2.45, 2.75) is 13.3 Å². The fourth-order valence-electron chi connectivity index (χ4n) is 0.718. The first-order chi connectivity index (χ1) is 5.74.